The van der Waals surface area contributed by atoms with E-state index < -0.39 is 36.3 Å². The molecule has 12 heteroatoms. The molecule has 0 bridgehead atoms. The zero-order valence-electron chi connectivity index (χ0n) is 17.1. The number of hydrogen-bond donors (Lipinski definition) is 1. The number of hydrogen-bond acceptors (Lipinski definition) is 5. The van der Waals surface area contributed by atoms with Gasteiger partial charge in [-0.25, -0.2) is 4.79 Å². The van der Waals surface area contributed by atoms with Gasteiger partial charge in [0.15, 0.2) is 0 Å². The van der Waals surface area contributed by atoms with Crippen molar-refractivity contribution in [2.24, 2.45) is 5.16 Å². The Morgan fingerprint density at radius 1 is 1.18 bits per heavy atom. The number of alkyl carbamates (subject to hydrolysis) is 1. The smallest absolute Gasteiger partial charge is 0.435 e. The number of benzene rings is 2. The summed E-state index contributed by atoms with van der Waals surface area (Å²) in [7, 11) is 0. The van der Waals surface area contributed by atoms with Crippen LogP contribution in [0.15, 0.2) is 41.6 Å². The molecule has 0 radical (unpaired) electrons. The first-order chi connectivity index (χ1) is 15.3. The van der Waals surface area contributed by atoms with Gasteiger partial charge >= 0.3 is 12.3 Å². The number of rotatable bonds is 4. The number of nitrogens with one attached hydrogen (secondary N) is 1. The Balaban J connectivity index is 1.87. The van der Waals surface area contributed by atoms with Gasteiger partial charge in [0.2, 0.25) is 0 Å². The first-order valence-electron chi connectivity index (χ1n) is 9.42. The molecule has 6 nitrogen and oxygen atoms in total. The van der Waals surface area contributed by atoms with Crippen LogP contribution in [0.5, 0.6) is 0 Å². The van der Waals surface area contributed by atoms with E-state index in [4.69, 9.17) is 32.8 Å². The van der Waals surface area contributed by atoms with Crippen LogP contribution in [-0.2, 0) is 15.2 Å². The van der Waals surface area contributed by atoms with Crippen LogP contribution in [0, 0.1) is 3.57 Å². The Bertz CT molecular complexity index is 1120. The highest BCUT2D eigenvalue weighted by molar-refractivity contribution is 14.1. The molecule has 1 heterocycles. The predicted molar refractivity (Wildman–Crippen MR) is 125 cm³/mol. The Hall–Kier alpha value is -2.05. The van der Waals surface area contributed by atoms with Gasteiger partial charge in [0.25, 0.3) is 11.5 Å². The van der Waals surface area contributed by atoms with Crippen LogP contribution in [0.2, 0.25) is 10.0 Å². The zero-order valence-corrected chi connectivity index (χ0v) is 20.8. The van der Waals surface area contributed by atoms with Crippen molar-refractivity contribution in [2.45, 2.75) is 38.1 Å². The van der Waals surface area contributed by atoms with E-state index in [0.717, 1.165) is 12.1 Å². The minimum absolute atomic E-state index is 0.0208. The summed E-state index contributed by atoms with van der Waals surface area (Å²) in [5.74, 6) is -0.709. The van der Waals surface area contributed by atoms with Crippen molar-refractivity contribution in [1.29, 1.82) is 0 Å². The van der Waals surface area contributed by atoms with Crippen molar-refractivity contribution >= 4 is 63.5 Å². The number of alkyl halides is 3. The lowest BCUT2D eigenvalue weighted by Gasteiger charge is -2.29. The fraction of sp³-hybridized carbons (Fsp3) is 0.286. The molecule has 0 saturated heterocycles. The Kier molecular flexibility index (Phi) is 7.49. The maximum Gasteiger partial charge on any atom is 0.435 e. The topological polar surface area (TPSA) is 77.0 Å². The molecule has 0 fully saturated rings. The first kappa shape index (κ1) is 25.6. The third-order valence-electron chi connectivity index (χ3n) is 4.62. The molecule has 1 aliphatic rings. The maximum absolute atomic E-state index is 14.1. The highest BCUT2D eigenvalue weighted by atomic mass is 127. The summed E-state index contributed by atoms with van der Waals surface area (Å²) in [4.78, 5) is 29.0. The lowest BCUT2D eigenvalue weighted by Crippen LogP contribution is -2.42. The largest absolute Gasteiger partial charge is 0.447 e. The van der Waals surface area contributed by atoms with Crippen LogP contribution < -0.4 is 5.32 Å². The second kappa shape index (κ2) is 9.67. The lowest BCUT2D eigenvalue weighted by molar-refractivity contribution is -0.275. The third-order valence-corrected chi connectivity index (χ3v) is 5.95. The molecule has 1 atom stereocenters. The van der Waals surface area contributed by atoms with E-state index in [9.17, 15) is 22.8 Å². The first-order valence-corrected chi connectivity index (χ1v) is 11.3. The highest BCUT2D eigenvalue weighted by Gasteiger charge is 2.62. The van der Waals surface area contributed by atoms with Gasteiger partial charge in [0.05, 0.1) is 17.4 Å². The zero-order chi connectivity index (χ0) is 24.6. The number of amides is 2. The Morgan fingerprint density at radius 2 is 1.82 bits per heavy atom. The number of nitrogens with zero attached hydrogens (tertiary/aromatic N) is 1. The normalized spacial score (nSPS) is 18.0. The third kappa shape index (κ3) is 5.55. The molecule has 1 N–H and O–H groups in total. The number of carbonyl (C=O) groups is 2. The van der Waals surface area contributed by atoms with E-state index >= 15 is 0 Å². The number of ether oxygens (including phenoxy) is 1. The fourth-order valence-corrected chi connectivity index (χ4v) is 4.41. The molecule has 3 rings (SSSR count). The molecule has 1 aliphatic heterocycles. The van der Waals surface area contributed by atoms with Gasteiger partial charge < -0.3 is 9.57 Å². The van der Waals surface area contributed by atoms with Crippen LogP contribution >= 0.6 is 45.8 Å². The van der Waals surface area contributed by atoms with Gasteiger partial charge in [-0.3, -0.25) is 10.1 Å². The number of imide groups is 1. The molecule has 2 aromatic rings. The molecule has 2 aromatic carbocycles. The second-order valence-corrected chi connectivity index (χ2v) is 9.43. The SMILES string of the molecule is CC(C)OC(=O)NC(=O)c1ccc(C2=NOC(c3cc(Cl)cc(Cl)c3)(C(F)(F)F)C2)cc1I. The highest BCUT2D eigenvalue weighted by Crippen LogP contribution is 2.49. The van der Waals surface area contributed by atoms with Crippen molar-refractivity contribution in [3.63, 3.8) is 0 Å². The van der Waals surface area contributed by atoms with Crippen LogP contribution in [0.4, 0.5) is 18.0 Å². The van der Waals surface area contributed by atoms with Crippen molar-refractivity contribution in [3.8, 4) is 0 Å². The molecule has 0 aliphatic carbocycles. The minimum atomic E-state index is -4.82. The monoisotopic (exact) mass is 614 g/mol. The molecule has 33 heavy (non-hydrogen) atoms. The molecule has 2 amide bonds. The Morgan fingerprint density at radius 3 is 2.36 bits per heavy atom. The van der Waals surface area contributed by atoms with E-state index in [1.165, 1.54) is 24.3 Å². The molecular formula is C21H16Cl2F3IN2O4. The van der Waals surface area contributed by atoms with Crippen LogP contribution in [0.1, 0.15) is 41.8 Å². The van der Waals surface area contributed by atoms with E-state index in [1.54, 1.807) is 13.8 Å². The molecule has 176 valence electrons. The number of oxime groups is 1. The standard InChI is InChI=1S/C21H16Cl2F3IN2O4/c1-10(2)32-19(31)28-18(30)15-4-3-11(5-16(15)27)17-9-20(33-29-17,21(24,25)26)12-6-13(22)8-14(23)7-12/h3-8,10H,9H2,1-2H3,(H,28,30,31). The molecule has 0 spiro atoms. The van der Waals surface area contributed by atoms with Gasteiger partial charge in [-0.2, -0.15) is 13.2 Å². The van der Waals surface area contributed by atoms with Gasteiger partial charge in [-0.1, -0.05) is 34.4 Å². The van der Waals surface area contributed by atoms with Crippen molar-refractivity contribution in [2.75, 3.05) is 0 Å². The van der Waals surface area contributed by atoms with Crippen molar-refractivity contribution < 1.29 is 32.3 Å². The average molecular weight is 615 g/mol. The molecule has 0 saturated carbocycles. The van der Waals surface area contributed by atoms with Crippen LogP contribution in [0.3, 0.4) is 0 Å². The van der Waals surface area contributed by atoms with E-state index in [2.05, 4.69) is 10.5 Å². The van der Waals surface area contributed by atoms with E-state index in [1.807, 2.05) is 22.6 Å². The van der Waals surface area contributed by atoms with E-state index in [-0.39, 0.29) is 26.9 Å². The quantitative estimate of drug-likeness (QED) is 0.401. The van der Waals surface area contributed by atoms with Crippen LogP contribution in [-0.4, -0.2) is 30.0 Å². The predicted octanol–water partition coefficient (Wildman–Crippen LogP) is 6.46. The van der Waals surface area contributed by atoms with Gasteiger partial charge in [-0.15, -0.1) is 0 Å². The maximum atomic E-state index is 14.1. The summed E-state index contributed by atoms with van der Waals surface area (Å²) >= 11 is 13.7. The van der Waals surface area contributed by atoms with Gasteiger partial charge in [-0.05, 0) is 66.8 Å². The van der Waals surface area contributed by atoms with Crippen LogP contribution in [0.25, 0.3) is 0 Å². The van der Waals surface area contributed by atoms with Gasteiger partial charge in [0, 0.05) is 31.2 Å². The van der Waals surface area contributed by atoms with E-state index in [0.29, 0.717) is 9.13 Å². The summed E-state index contributed by atoms with van der Waals surface area (Å²) in [6.45, 7) is 3.26. The summed E-state index contributed by atoms with van der Waals surface area (Å²) in [6.07, 6.45) is -6.77. The lowest BCUT2D eigenvalue weighted by atomic mass is 9.86. The number of carbonyl (C=O) groups excluding carboxylic acids is 2. The second-order valence-electron chi connectivity index (χ2n) is 7.39. The average Bonchev–Trinajstić information content (AvgIpc) is 3.13. The summed E-state index contributed by atoms with van der Waals surface area (Å²) < 4.78 is 47.7. The minimum Gasteiger partial charge on any atom is -0.447 e. The molecular weight excluding hydrogens is 599 g/mol. The summed E-state index contributed by atoms with van der Waals surface area (Å²) in [5, 5.41) is 5.83. The summed E-state index contributed by atoms with van der Waals surface area (Å²) in [6, 6.07) is 7.85. The Labute approximate surface area is 210 Å². The van der Waals surface area contributed by atoms with Gasteiger partial charge in [0.1, 0.15) is 0 Å². The summed E-state index contributed by atoms with van der Waals surface area (Å²) in [5.41, 5.74) is -2.56. The van der Waals surface area contributed by atoms with Crippen molar-refractivity contribution in [3.05, 3.63) is 66.7 Å². The number of halogens is 6. The molecule has 0 aromatic heterocycles. The fourth-order valence-electron chi connectivity index (χ4n) is 3.13. The van der Waals surface area contributed by atoms with Crippen molar-refractivity contribution in [1.82, 2.24) is 5.32 Å². The molecule has 1 unspecified atom stereocenters.